The first-order chi connectivity index (χ1) is 7.75. The van der Waals surface area contributed by atoms with Crippen LogP contribution < -0.4 is 10.6 Å². The third-order valence-electron chi connectivity index (χ3n) is 3.71. The van der Waals surface area contributed by atoms with E-state index in [0.29, 0.717) is 12.3 Å². The second kappa shape index (κ2) is 5.64. The van der Waals surface area contributed by atoms with Crippen molar-refractivity contribution in [3.8, 4) is 0 Å². The molecule has 1 heterocycles. The van der Waals surface area contributed by atoms with Gasteiger partial charge in [0.1, 0.15) is 0 Å². The van der Waals surface area contributed by atoms with E-state index in [1.54, 1.807) is 0 Å². The second-order valence-corrected chi connectivity index (χ2v) is 5.09. The molecule has 1 saturated carbocycles. The van der Waals surface area contributed by atoms with Gasteiger partial charge in [0.05, 0.1) is 12.1 Å². The van der Waals surface area contributed by atoms with E-state index in [-0.39, 0.29) is 18.1 Å². The van der Waals surface area contributed by atoms with Crippen LogP contribution in [0, 0.1) is 5.92 Å². The Balaban J connectivity index is 1.72. The Morgan fingerprint density at radius 1 is 1.31 bits per heavy atom. The van der Waals surface area contributed by atoms with Crippen molar-refractivity contribution in [1.29, 1.82) is 0 Å². The normalized spacial score (nSPS) is 34.9. The van der Waals surface area contributed by atoms with Crippen LogP contribution in [0.1, 0.15) is 38.5 Å². The van der Waals surface area contributed by atoms with Crippen LogP contribution in [0.3, 0.4) is 0 Å². The number of hydrogen-bond donors (Lipinski definition) is 3. The number of rotatable bonds is 3. The molecule has 0 aromatic rings. The lowest BCUT2D eigenvalue weighted by Gasteiger charge is -2.28. The van der Waals surface area contributed by atoms with Crippen molar-refractivity contribution < 1.29 is 9.90 Å². The molecule has 0 spiro atoms. The Labute approximate surface area is 96.8 Å². The predicted molar refractivity (Wildman–Crippen MR) is 62.0 cm³/mol. The molecule has 0 aromatic carbocycles. The van der Waals surface area contributed by atoms with Crippen LogP contribution in [-0.2, 0) is 4.79 Å². The summed E-state index contributed by atoms with van der Waals surface area (Å²) in [5.74, 6) is 0.598. The van der Waals surface area contributed by atoms with E-state index >= 15 is 0 Å². The number of hydrogen-bond acceptors (Lipinski definition) is 3. The standard InChI is InChI=1S/C12H22N2O2/c15-11-4-2-1-3-10(11)14-12(16)7-9-5-6-13-8-9/h9-11,13,15H,1-8H2,(H,14,16)/t9?,10-,11-/m1/s1. The van der Waals surface area contributed by atoms with Gasteiger partial charge < -0.3 is 15.7 Å². The summed E-state index contributed by atoms with van der Waals surface area (Å²) in [4.78, 5) is 11.8. The van der Waals surface area contributed by atoms with Gasteiger partial charge in [0.15, 0.2) is 0 Å². The van der Waals surface area contributed by atoms with Crippen LogP contribution in [0.25, 0.3) is 0 Å². The fraction of sp³-hybridized carbons (Fsp3) is 0.917. The molecule has 0 bridgehead atoms. The topological polar surface area (TPSA) is 61.4 Å². The largest absolute Gasteiger partial charge is 0.391 e. The monoisotopic (exact) mass is 226 g/mol. The second-order valence-electron chi connectivity index (χ2n) is 5.09. The number of carbonyl (C=O) groups is 1. The Kier molecular flexibility index (Phi) is 4.18. The van der Waals surface area contributed by atoms with E-state index in [9.17, 15) is 9.90 Å². The van der Waals surface area contributed by atoms with Gasteiger partial charge in [0, 0.05) is 6.42 Å². The van der Waals surface area contributed by atoms with Crippen molar-refractivity contribution in [2.75, 3.05) is 13.1 Å². The molecule has 2 fully saturated rings. The summed E-state index contributed by atoms with van der Waals surface area (Å²) in [7, 11) is 0. The van der Waals surface area contributed by atoms with E-state index in [2.05, 4.69) is 10.6 Å². The number of amides is 1. The minimum absolute atomic E-state index is 0.00406. The quantitative estimate of drug-likeness (QED) is 0.653. The fourth-order valence-electron chi connectivity index (χ4n) is 2.70. The zero-order valence-corrected chi connectivity index (χ0v) is 9.74. The SMILES string of the molecule is O=C(CC1CCNC1)N[C@@H]1CCCC[C@H]1O. The Bertz CT molecular complexity index is 239. The minimum Gasteiger partial charge on any atom is -0.391 e. The molecule has 0 radical (unpaired) electrons. The molecule has 1 aliphatic carbocycles. The maximum absolute atomic E-state index is 11.8. The smallest absolute Gasteiger partial charge is 0.220 e. The van der Waals surface area contributed by atoms with Crippen molar-refractivity contribution in [3.05, 3.63) is 0 Å². The lowest BCUT2D eigenvalue weighted by Crippen LogP contribution is -2.45. The highest BCUT2D eigenvalue weighted by Crippen LogP contribution is 2.19. The Hall–Kier alpha value is -0.610. The molecule has 1 unspecified atom stereocenters. The first-order valence-corrected chi connectivity index (χ1v) is 6.44. The number of nitrogens with one attached hydrogen (secondary N) is 2. The minimum atomic E-state index is -0.334. The summed E-state index contributed by atoms with van der Waals surface area (Å²) < 4.78 is 0. The summed E-state index contributed by atoms with van der Waals surface area (Å²) >= 11 is 0. The molecule has 1 aliphatic heterocycles. The van der Waals surface area contributed by atoms with Gasteiger partial charge in [-0.05, 0) is 38.3 Å². The average molecular weight is 226 g/mol. The van der Waals surface area contributed by atoms with Crippen LogP contribution >= 0.6 is 0 Å². The van der Waals surface area contributed by atoms with Gasteiger partial charge in [-0.25, -0.2) is 0 Å². The summed E-state index contributed by atoms with van der Waals surface area (Å²) in [6.07, 6.45) is 5.33. The zero-order valence-electron chi connectivity index (χ0n) is 9.74. The molecule has 2 rings (SSSR count). The first-order valence-electron chi connectivity index (χ1n) is 6.44. The van der Waals surface area contributed by atoms with E-state index in [1.807, 2.05) is 0 Å². The van der Waals surface area contributed by atoms with Crippen LogP contribution in [0.15, 0.2) is 0 Å². The molecular weight excluding hydrogens is 204 g/mol. The molecule has 1 saturated heterocycles. The van der Waals surface area contributed by atoms with E-state index in [1.165, 1.54) is 0 Å². The summed E-state index contributed by atoms with van der Waals surface area (Å²) in [6, 6.07) is -0.00406. The van der Waals surface area contributed by atoms with E-state index < -0.39 is 0 Å². The molecule has 2 aliphatic rings. The van der Waals surface area contributed by atoms with Crippen molar-refractivity contribution in [2.45, 2.75) is 50.7 Å². The number of aliphatic hydroxyl groups excluding tert-OH is 1. The molecule has 3 atom stereocenters. The maximum Gasteiger partial charge on any atom is 0.220 e. The molecule has 3 N–H and O–H groups in total. The van der Waals surface area contributed by atoms with Crippen LogP contribution in [0.4, 0.5) is 0 Å². The molecule has 0 aromatic heterocycles. The molecule has 4 nitrogen and oxygen atoms in total. The maximum atomic E-state index is 11.8. The fourth-order valence-corrected chi connectivity index (χ4v) is 2.70. The van der Waals surface area contributed by atoms with Gasteiger partial charge in [-0.1, -0.05) is 12.8 Å². The summed E-state index contributed by atoms with van der Waals surface area (Å²) in [5.41, 5.74) is 0. The third-order valence-corrected chi connectivity index (χ3v) is 3.71. The van der Waals surface area contributed by atoms with Gasteiger partial charge in [0.2, 0.25) is 5.91 Å². The summed E-state index contributed by atoms with van der Waals surface area (Å²) in [5, 5.41) is 16.0. The number of aliphatic hydroxyl groups is 1. The van der Waals surface area contributed by atoms with Crippen molar-refractivity contribution in [1.82, 2.24) is 10.6 Å². The van der Waals surface area contributed by atoms with Gasteiger partial charge in [-0.15, -0.1) is 0 Å². The Morgan fingerprint density at radius 2 is 2.12 bits per heavy atom. The highest BCUT2D eigenvalue weighted by Gasteiger charge is 2.25. The average Bonchev–Trinajstić information content (AvgIpc) is 2.74. The molecule has 92 valence electrons. The van der Waals surface area contributed by atoms with Crippen LogP contribution in [0.2, 0.25) is 0 Å². The van der Waals surface area contributed by atoms with Crippen LogP contribution in [-0.4, -0.2) is 36.2 Å². The van der Waals surface area contributed by atoms with Crippen molar-refractivity contribution in [3.63, 3.8) is 0 Å². The highest BCUT2D eigenvalue weighted by atomic mass is 16.3. The van der Waals surface area contributed by atoms with Crippen molar-refractivity contribution >= 4 is 5.91 Å². The van der Waals surface area contributed by atoms with Gasteiger partial charge in [0.25, 0.3) is 0 Å². The molecule has 4 heteroatoms. The van der Waals surface area contributed by atoms with E-state index in [4.69, 9.17) is 0 Å². The lowest BCUT2D eigenvalue weighted by atomic mass is 9.92. The highest BCUT2D eigenvalue weighted by molar-refractivity contribution is 5.76. The summed E-state index contributed by atoms with van der Waals surface area (Å²) in [6.45, 7) is 1.99. The Morgan fingerprint density at radius 3 is 2.81 bits per heavy atom. The van der Waals surface area contributed by atoms with Gasteiger partial charge >= 0.3 is 0 Å². The van der Waals surface area contributed by atoms with E-state index in [0.717, 1.165) is 45.2 Å². The predicted octanol–water partition coefficient (Wildman–Crippen LogP) is 0.406. The zero-order chi connectivity index (χ0) is 11.4. The molecular formula is C12H22N2O2. The lowest BCUT2D eigenvalue weighted by molar-refractivity contribution is -0.123. The van der Waals surface area contributed by atoms with Gasteiger partial charge in [-0.2, -0.15) is 0 Å². The number of carbonyl (C=O) groups excluding carboxylic acids is 1. The first kappa shape index (κ1) is 11.9. The third kappa shape index (κ3) is 3.19. The van der Waals surface area contributed by atoms with Gasteiger partial charge in [-0.3, -0.25) is 4.79 Å². The van der Waals surface area contributed by atoms with Crippen molar-refractivity contribution in [2.24, 2.45) is 5.92 Å². The molecule has 16 heavy (non-hydrogen) atoms. The van der Waals surface area contributed by atoms with Crippen LogP contribution in [0.5, 0.6) is 0 Å². The molecule has 1 amide bonds.